The Labute approximate surface area is 129 Å². The largest absolute Gasteiger partial charge is 0.465 e. The predicted molar refractivity (Wildman–Crippen MR) is 86.8 cm³/mol. The topological polar surface area (TPSA) is 26.3 Å². The lowest BCUT2D eigenvalue weighted by Crippen LogP contribution is -2.12. The summed E-state index contributed by atoms with van der Waals surface area (Å²) in [6, 6.07) is 24.6. The number of cyclic esters (lactones) is 1. The molecule has 2 nitrogen and oxygen atoms in total. The summed E-state index contributed by atoms with van der Waals surface area (Å²) < 4.78 is 5.36. The number of hydrogen-bond donors (Lipinski definition) is 0. The van der Waals surface area contributed by atoms with Gasteiger partial charge in [-0.15, -0.1) is 0 Å². The van der Waals surface area contributed by atoms with Gasteiger partial charge >= 0.3 is 5.97 Å². The summed E-state index contributed by atoms with van der Waals surface area (Å²) in [7, 11) is 0. The molecule has 2 heteroatoms. The molecule has 1 heterocycles. The highest BCUT2D eigenvalue weighted by molar-refractivity contribution is 5.87. The van der Waals surface area contributed by atoms with E-state index in [1.807, 2.05) is 30.3 Å². The zero-order valence-corrected chi connectivity index (χ0v) is 12.1. The fourth-order valence-electron chi connectivity index (χ4n) is 3.28. The van der Waals surface area contributed by atoms with E-state index < -0.39 is 0 Å². The number of hydrogen-bond acceptors (Lipinski definition) is 2. The molecule has 0 unspecified atom stereocenters. The molecule has 0 N–H and O–H groups in total. The summed E-state index contributed by atoms with van der Waals surface area (Å²) in [5.74, 6) is -0.244. The van der Waals surface area contributed by atoms with Crippen molar-refractivity contribution in [3.8, 4) is 0 Å². The molecule has 0 spiro atoms. The van der Waals surface area contributed by atoms with Gasteiger partial charge in [0.2, 0.25) is 0 Å². The molecule has 2 atom stereocenters. The van der Waals surface area contributed by atoms with E-state index in [1.54, 1.807) is 0 Å². The average molecular weight is 288 g/mol. The van der Waals surface area contributed by atoms with Crippen molar-refractivity contribution in [2.24, 2.45) is 0 Å². The lowest BCUT2D eigenvalue weighted by atomic mass is 9.83. The van der Waals surface area contributed by atoms with Crippen LogP contribution < -0.4 is 0 Å². The maximum Gasteiger partial charge on any atom is 0.314 e. The Morgan fingerprint density at radius 3 is 2.32 bits per heavy atom. The first kappa shape index (κ1) is 13.1. The molecule has 3 aromatic rings. The standard InChI is InChI=1S/C20H16O2/c21-20-19(18(13-22-20)15-7-2-1-3-8-15)17-11-10-14-6-4-5-9-16(14)12-17/h1-12,18-19H,13H2/t18-,19-/m1/s1. The van der Waals surface area contributed by atoms with E-state index in [-0.39, 0.29) is 17.8 Å². The van der Waals surface area contributed by atoms with Crippen molar-refractivity contribution in [3.05, 3.63) is 83.9 Å². The Hall–Kier alpha value is -2.61. The van der Waals surface area contributed by atoms with E-state index >= 15 is 0 Å². The van der Waals surface area contributed by atoms with Crippen LogP contribution in [0.3, 0.4) is 0 Å². The molecule has 4 rings (SSSR count). The maximum atomic E-state index is 12.3. The quantitative estimate of drug-likeness (QED) is 0.658. The molecular formula is C20H16O2. The average Bonchev–Trinajstić information content (AvgIpc) is 2.97. The number of carbonyl (C=O) groups is 1. The molecule has 1 fully saturated rings. The third-order valence-corrected chi connectivity index (χ3v) is 4.42. The zero-order chi connectivity index (χ0) is 14.9. The second-order valence-electron chi connectivity index (χ2n) is 5.73. The molecular weight excluding hydrogens is 272 g/mol. The molecule has 0 aliphatic carbocycles. The second-order valence-corrected chi connectivity index (χ2v) is 5.73. The summed E-state index contributed by atoms with van der Waals surface area (Å²) in [4.78, 5) is 12.3. The van der Waals surface area contributed by atoms with Gasteiger partial charge in [-0.3, -0.25) is 4.79 Å². The van der Waals surface area contributed by atoms with Gasteiger partial charge < -0.3 is 4.74 Å². The minimum atomic E-state index is -0.216. The minimum absolute atomic E-state index is 0.0925. The van der Waals surface area contributed by atoms with Crippen molar-refractivity contribution < 1.29 is 9.53 Å². The molecule has 0 saturated carbocycles. The van der Waals surface area contributed by atoms with Crippen LogP contribution in [0.25, 0.3) is 10.8 Å². The van der Waals surface area contributed by atoms with Crippen molar-refractivity contribution in [3.63, 3.8) is 0 Å². The molecule has 22 heavy (non-hydrogen) atoms. The Bertz CT molecular complexity index is 823. The van der Waals surface area contributed by atoms with Crippen molar-refractivity contribution >= 4 is 16.7 Å². The highest BCUT2D eigenvalue weighted by Crippen LogP contribution is 2.39. The van der Waals surface area contributed by atoms with Gasteiger partial charge in [0, 0.05) is 5.92 Å². The molecule has 0 amide bonds. The Balaban J connectivity index is 1.78. The first-order valence-corrected chi connectivity index (χ1v) is 7.53. The van der Waals surface area contributed by atoms with Gasteiger partial charge in [-0.25, -0.2) is 0 Å². The van der Waals surface area contributed by atoms with Gasteiger partial charge in [-0.1, -0.05) is 72.8 Å². The van der Waals surface area contributed by atoms with Gasteiger partial charge in [0.25, 0.3) is 0 Å². The minimum Gasteiger partial charge on any atom is -0.465 e. The van der Waals surface area contributed by atoms with Crippen molar-refractivity contribution in [2.45, 2.75) is 11.8 Å². The molecule has 108 valence electrons. The van der Waals surface area contributed by atoms with Crippen molar-refractivity contribution in [2.75, 3.05) is 6.61 Å². The van der Waals surface area contributed by atoms with Crippen LogP contribution in [0.1, 0.15) is 23.0 Å². The molecule has 0 aromatic heterocycles. The lowest BCUT2D eigenvalue weighted by molar-refractivity contribution is -0.139. The summed E-state index contributed by atoms with van der Waals surface area (Å²) in [6.45, 7) is 0.459. The molecule has 0 bridgehead atoms. The number of esters is 1. The van der Waals surface area contributed by atoms with E-state index in [2.05, 4.69) is 42.5 Å². The summed E-state index contributed by atoms with van der Waals surface area (Å²) in [5.41, 5.74) is 2.20. The second kappa shape index (κ2) is 5.30. The Morgan fingerprint density at radius 2 is 1.50 bits per heavy atom. The summed E-state index contributed by atoms with van der Waals surface area (Å²) in [5, 5.41) is 2.35. The highest BCUT2D eigenvalue weighted by Gasteiger charge is 2.38. The number of carbonyl (C=O) groups excluding carboxylic acids is 1. The normalized spacial score (nSPS) is 21.0. The predicted octanol–water partition coefficient (Wildman–Crippen LogP) is 4.26. The van der Waals surface area contributed by atoms with Crippen LogP contribution in [0.2, 0.25) is 0 Å². The van der Waals surface area contributed by atoms with E-state index in [1.165, 1.54) is 5.39 Å². The first-order valence-electron chi connectivity index (χ1n) is 7.53. The number of ether oxygens (including phenoxy) is 1. The van der Waals surface area contributed by atoms with E-state index in [0.29, 0.717) is 6.61 Å². The third-order valence-electron chi connectivity index (χ3n) is 4.42. The molecule has 1 saturated heterocycles. The van der Waals surface area contributed by atoms with Crippen LogP contribution >= 0.6 is 0 Å². The van der Waals surface area contributed by atoms with Crippen LogP contribution in [-0.2, 0) is 9.53 Å². The van der Waals surface area contributed by atoms with Crippen LogP contribution in [-0.4, -0.2) is 12.6 Å². The SMILES string of the molecule is O=C1OC[C@H](c2ccccc2)[C@H]1c1ccc2ccccc2c1. The first-order chi connectivity index (χ1) is 10.8. The van der Waals surface area contributed by atoms with Gasteiger partial charge in [-0.2, -0.15) is 0 Å². The van der Waals surface area contributed by atoms with E-state index in [0.717, 1.165) is 16.5 Å². The maximum absolute atomic E-state index is 12.3. The summed E-state index contributed by atoms with van der Waals surface area (Å²) >= 11 is 0. The van der Waals surface area contributed by atoms with Gasteiger partial charge in [-0.05, 0) is 21.9 Å². The van der Waals surface area contributed by atoms with Gasteiger partial charge in [0.05, 0.1) is 12.5 Å². The fourth-order valence-corrected chi connectivity index (χ4v) is 3.28. The van der Waals surface area contributed by atoms with Crippen LogP contribution in [0.15, 0.2) is 72.8 Å². The van der Waals surface area contributed by atoms with Crippen LogP contribution in [0, 0.1) is 0 Å². The van der Waals surface area contributed by atoms with Gasteiger partial charge in [0.15, 0.2) is 0 Å². The number of benzene rings is 3. The molecule has 1 aliphatic heterocycles. The summed E-state index contributed by atoms with van der Waals surface area (Å²) in [6.07, 6.45) is 0. The third kappa shape index (κ3) is 2.17. The van der Waals surface area contributed by atoms with Crippen molar-refractivity contribution in [1.29, 1.82) is 0 Å². The Kier molecular flexibility index (Phi) is 3.15. The van der Waals surface area contributed by atoms with Crippen LogP contribution in [0.4, 0.5) is 0 Å². The van der Waals surface area contributed by atoms with E-state index in [9.17, 15) is 4.79 Å². The smallest absolute Gasteiger partial charge is 0.314 e. The highest BCUT2D eigenvalue weighted by atomic mass is 16.5. The van der Waals surface area contributed by atoms with Gasteiger partial charge in [0.1, 0.15) is 0 Å². The number of rotatable bonds is 2. The van der Waals surface area contributed by atoms with Crippen LogP contribution in [0.5, 0.6) is 0 Å². The molecule has 3 aromatic carbocycles. The molecule has 0 radical (unpaired) electrons. The zero-order valence-electron chi connectivity index (χ0n) is 12.1. The monoisotopic (exact) mass is 288 g/mol. The molecule has 1 aliphatic rings. The van der Waals surface area contributed by atoms with Crippen molar-refractivity contribution in [1.82, 2.24) is 0 Å². The number of fused-ring (bicyclic) bond motifs is 1. The lowest BCUT2D eigenvalue weighted by Gasteiger charge is -2.16. The Morgan fingerprint density at radius 1 is 0.773 bits per heavy atom. The van der Waals surface area contributed by atoms with E-state index in [4.69, 9.17) is 4.74 Å². The fraction of sp³-hybridized carbons (Fsp3) is 0.150.